The number of hydrogen-bond acceptors (Lipinski definition) is 7. The number of oxazole rings is 1. The van der Waals surface area contributed by atoms with Crippen LogP contribution >= 0.6 is 0 Å². The summed E-state index contributed by atoms with van der Waals surface area (Å²) in [7, 11) is 0. The van der Waals surface area contributed by atoms with Crippen LogP contribution in [0.1, 0.15) is 18.1 Å². The number of carbonyl (C=O) groups is 2. The Balaban J connectivity index is 1.69. The maximum Gasteiger partial charge on any atom is 0.420 e. The van der Waals surface area contributed by atoms with E-state index >= 15 is 0 Å². The van der Waals surface area contributed by atoms with Crippen LogP contribution in [-0.4, -0.2) is 27.5 Å². The number of carbonyl (C=O) groups excluding carboxylic acids is 2. The topological polar surface area (TPSA) is 134 Å². The van der Waals surface area contributed by atoms with E-state index in [0.29, 0.717) is 5.69 Å². The second-order valence-electron chi connectivity index (χ2n) is 6.80. The van der Waals surface area contributed by atoms with Crippen molar-refractivity contribution < 1.29 is 23.7 Å². The van der Waals surface area contributed by atoms with Crippen LogP contribution in [-0.2, 0) is 20.9 Å². The van der Waals surface area contributed by atoms with Gasteiger partial charge < -0.3 is 14.5 Å². The number of benzene rings is 2. The second-order valence-corrected chi connectivity index (χ2v) is 6.80. The Morgan fingerprint density at radius 3 is 2.63 bits per heavy atom. The summed E-state index contributed by atoms with van der Waals surface area (Å²) in [6.07, 6.45) is -1.10. The number of nitrogens with one attached hydrogen (secondary N) is 1. The highest BCUT2D eigenvalue weighted by Crippen LogP contribution is 2.20. The molecule has 10 heteroatoms. The molecule has 1 aromatic heterocycles. The molecule has 3 rings (SSSR count). The van der Waals surface area contributed by atoms with Gasteiger partial charge in [-0.2, -0.15) is 0 Å². The van der Waals surface area contributed by atoms with Crippen molar-refractivity contribution in [1.82, 2.24) is 4.57 Å². The molecule has 0 spiro atoms. The van der Waals surface area contributed by atoms with Crippen molar-refractivity contribution in [2.75, 3.05) is 5.32 Å². The zero-order valence-electron chi connectivity index (χ0n) is 16.5. The largest absolute Gasteiger partial charge is 0.451 e. The van der Waals surface area contributed by atoms with Crippen LogP contribution in [0.5, 0.6) is 0 Å². The van der Waals surface area contributed by atoms with Crippen molar-refractivity contribution in [3.63, 3.8) is 0 Å². The fourth-order valence-electron chi connectivity index (χ4n) is 2.92. The second kappa shape index (κ2) is 8.19. The van der Waals surface area contributed by atoms with Gasteiger partial charge in [-0.05, 0) is 38.5 Å². The molecule has 30 heavy (non-hydrogen) atoms. The highest BCUT2D eigenvalue weighted by molar-refractivity contribution is 5.95. The number of nitro groups is 1. The van der Waals surface area contributed by atoms with E-state index in [0.717, 1.165) is 21.8 Å². The molecule has 0 saturated heterocycles. The summed E-state index contributed by atoms with van der Waals surface area (Å²) in [5, 5.41) is 13.5. The molecule has 1 N–H and O–H groups in total. The number of aryl methyl sites for hydroxylation is 2. The number of fused-ring (bicyclic) bond motifs is 1. The van der Waals surface area contributed by atoms with Crippen LogP contribution in [0.25, 0.3) is 11.1 Å². The molecule has 1 heterocycles. The maximum absolute atomic E-state index is 12.3. The number of anilines is 1. The summed E-state index contributed by atoms with van der Waals surface area (Å²) in [4.78, 5) is 46.8. The van der Waals surface area contributed by atoms with Crippen LogP contribution < -0.4 is 11.1 Å². The summed E-state index contributed by atoms with van der Waals surface area (Å²) in [5.41, 5.74) is 2.45. The minimum Gasteiger partial charge on any atom is -0.451 e. The van der Waals surface area contributed by atoms with Gasteiger partial charge in [-0.25, -0.2) is 4.79 Å². The van der Waals surface area contributed by atoms with Crippen LogP contribution in [0.3, 0.4) is 0 Å². The molecule has 2 aromatic carbocycles. The first-order valence-electron chi connectivity index (χ1n) is 9.01. The van der Waals surface area contributed by atoms with Crippen molar-refractivity contribution in [2.24, 2.45) is 0 Å². The van der Waals surface area contributed by atoms with Crippen molar-refractivity contribution in [3.05, 3.63) is 68.2 Å². The monoisotopic (exact) mass is 413 g/mol. The highest BCUT2D eigenvalue weighted by Gasteiger charge is 2.21. The molecule has 0 radical (unpaired) electrons. The molecule has 10 nitrogen and oxygen atoms in total. The van der Waals surface area contributed by atoms with E-state index in [2.05, 4.69) is 5.32 Å². The quantitative estimate of drug-likeness (QED) is 0.373. The fourth-order valence-corrected chi connectivity index (χ4v) is 2.92. The van der Waals surface area contributed by atoms with Gasteiger partial charge in [0.1, 0.15) is 6.54 Å². The number of nitrogens with zero attached hydrogens (tertiary/aromatic N) is 2. The molecule has 0 unspecified atom stereocenters. The molecule has 0 bridgehead atoms. The van der Waals surface area contributed by atoms with Gasteiger partial charge in [0.05, 0.1) is 16.5 Å². The van der Waals surface area contributed by atoms with E-state index < -0.39 is 35.2 Å². The van der Waals surface area contributed by atoms with Crippen molar-refractivity contribution in [2.45, 2.75) is 33.4 Å². The first kappa shape index (κ1) is 20.8. The predicted octanol–water partition coefficient (Wildman–Crippen LogP) is 2.69. The van der Waals surface area contributed by atoms with Gasteiger partial charge >= 0.3 is 11.7 Å². The van der Waals surface area contributed by atoms with Crippen molar-refractivity contribution in [3.8, 4) is 0 Å². The molecular weight excluding hydrogens is 394 g/mol. The Morgan fingerprint density at radius 1 is 1.23 bits per heavy atom. The lowest BCUT2D eigenvalue weighted by atomic mass is 10.1. The third-order valence-corrected chi connectivity index (χ3v) is 4.47. The summed E-state index contributed by atoms with van der Waals surface area (Å²) in [6.45, 7) is 4.68. The molecule has 0 aliphatic carbocycles. The number of ether oxygens (including phenoxy) is 1. The molecule has 0 saturated carbocycles. The first-order valence-corrected chi connectivity index (χ1v) is 9.01. The Morgan fingerprint density at radius 2 is 1.97 bits per heavy atom. The standard InChI is InChI=1S/C20H19N3O7/c1-11-4-6-15(12(2)8-11)21-19(25)13(3)29-18(24)10-22-16-7-5-14(23(27)28)9-17(16)30-20(22)26/h4-9,13H,10H2,1-3H3,(H,21,25)/t13-/m1/s1. The van der Waals surface area contributed by atoms with Gasteiger partial charge in [0.2, 0.25) is 0 Å². The first-order chi connectivity index (χ1) is 14.2. The number of amides is 1. The highest BCUT2D eigenvalue weighted by atomic mass is 16.6. The fraction of sp³-hybridized carbons (Fsp3) is 0.250. The van der Waals surface area contributed by atoms with E-state index in [9.17, 15) is 24.5 Å². The van der Waals surface area contributed by atoms with E-state index in [1.807, 2.05) is 26.0 Å². The Labute approximate surface area is 170 Å². The molecule has 0 aliphatic heterocycles. The summed E-state index contributed by atoms with van der Waals surface area (Å²) < 4.78 is 11.1. The Hall–Kier alpha value is -3.95. The zero-order valence-corrected chi connectivity index (χ0v) is 16.5. The lowest BCUT2D eigenvalue weighted by Crippen LogP contribution is -2.32. The van der Waals surface area contributed by atoms with Crippen molar-refractivity contribution in [1.29, 1.82) is 0 Å². The number of aromatic nitrogens is 1. The Kier molecular flexibility index (Phi) is 5.67. The minimum atomic E-state index is -1.10. The normalized spacial score (nSPS) is 11.8. The molecule has 0 aliphatic rings. The zero-order chi connectivity index (χ0) is 22.0. The summed E-state index contributed by atoms with van der Waals surface area (Å²) in [5.74, 6) is -2.22. The van der Waals surface area contributed by atoms with Crippen molar-refractivity contribution >= 4 is 34.4 Å². The molecule has 1 amide bonds. The van der Waals surface area contributed by atoms with E-state index in [4.69, 9.17) is 9.15 Å². The van der Waals surface area contributed by atoms with Gasteiger partial charge in [-0.15, -0.1) is 0 Å². The summed E-state index contributed by atoms with van der Waals surface area (Å²) in [6, 6.07) is 9.11. The maximum atomic E-state index is 12.3. The molecule has 3 aromatic rings. The molecular formula is C20H19N3O7. The van der Waals surface area contributed by atoms with Crippen LogP contribution in [0.15, 0.2) is 45.6 Å². The van der Waals surface area contributed by atoms with Gasteiger partial charge in [0.15, 0.2) is 11.7 Å². The molecule has 1 atom stereocenters. The number of esters is 1. The van der Waals surface area contributed by atoms with E-state index in [-0.39, 0.29) is 16.8 Å². The van der Waals surface area contributed by atoms with Gasteiger partial charge in [0, 0.05) is 11.8 Å². The summed E-state index contributed by atoms with van der Waals surface area (Å²) >= 11 is 0. The van der Waals surface area contributed by atoms with E-state index in [1.54, 1.807) is 6.07 Å². The minimum absolute atomic E-state index is 0.0253. The average Bonchev–Trinajstić information content (AvgIpc) is 2.98. The predicted molar refractivity (Wildman–Crippen MR) is 107 cm³/mol. The van der Waals surface area contributed by atoms with Gasteiger partial charge in [0.25, 0.3) is 11.6 Å². The SMILES string of the molecule is Cc1ccc(NC(=O)[C@@H](C)OC(=O)Cn2c(=O)oc3cc([N+](=O)[O-])ccc32)c(C)c1. The average molecular weight is 413 g/mol. The number of nitro benzene ring substituents is 1. The van der Waals surface area contributed by atoms with Crippen LogP contribution in [0.4, 0.5) is 11.4 Å². The lowest BCUT2D eigenvalue weighted by molar-refractivity contribution is -0.384. The third kappa shape index (κ3) is 4.37. The van der Waals surface area contributed by atoms with Crippen LogP contribution in [0.2, 0.25) is 0 Å². The lowest BCUT2D eigenvalue weighted by Gasteiger charge is -2.15. The number of non-ortho nitro benzene ring substituents is 1. The van der Waals surface area contributed by atoms with Crippen LogP contribution in [0, 0.1) is 24.0 Å². The Bertz CT molecular complexity index is 1210. The number of rotatable bonds is 6. The molecule has 0 fully saturated rings. The molecule has 156 valence electrons. The third-order valence-electron chi connectivity index (χ3n) is 4.47. The smallest absolute Gasteiger partial charge is 0.420 e. The van der Waals surface area contributed by atoms with E-state index in [1.165, 1.54) is 19.1 Å². The van der Waals surface area contributed by atoms with Gasteiger partial charge in [-0.3, -0.25) is 24.3 Å². The number of hydrogen-bond donors (Lipinski definition) is 1. The van der Waals surface area contributed by atoms with Gasteiger partial charge in [-0.1, -0.05) is 17.7 Å².